The van der Waals surface area contributed by atoms with Crippen LogP contribution in [-0.4, -0.2) is 35.1 Å². The highest BCUT2D eigenvalue weighted by Crippen LogP contribution is 2.42. The van der Waals surface area contributed by atoms with Gasteiger partial charge in [-0.25, -0.2) is 8.78 Å². The summed E-state index contributed by atoms with van der Waals surface area (Å²) in [6.07, 6.45) is -6.35. The van der Waals surface area contributed by atoms with Crippen LogP contribution in [0.1, 0.15) is 25.7 Å². The quantitative estimate of drug-likeness (QED) is 0.550. The minimum Gasteiger partial charge on any atom is -0.385 e. The van der Waals surface area contributed by atoms with Gasteiger partial charge in [-0.2, -0.15) is 13.2 Å². The Labute approximate surface area is 106 Å². The molecule has 0 aromatic carbocycles. The van der Waals surface area contributed by atoms with Gasteiger partial charge >= 0.3 is 6.18 Å². The predicted octanol–water partition coefficient (Wildman–Crippen LogP) is 2.36. The Kier molecular flexibility index (Phi) is 3.32. The summed E-state index contributed by atoms with van der Waals surface area (Å²) >= 11 is 0. The van der Waals surface area contributed by atoms with Crippen LogP contribution < -0.4 is 5.32 Å². The van der Waals surface area contributed by atoms with Gasteiger partial charge in [0.25, 0.3) is 5.92 Å². The van der Waals surface area contributed by atoms with Crippen LogP contribution in [0.25, 0.3) is 0 Å². The lowest BCUT2D eigenvalue weighted by Gasteiger charge is -2.28. The summed E-state index contributed by atoms with van der Waals surface area (Å²) in [6.45, 7) is 0. The standard InChI is InChI=1S/C11H13F5N2O/c12-10(13)4-6(18-5-2-1-3-5)7(9(10)19)8(17)11(14,15)16/h5,9,17-19H,1-4H2. The molecule has 2 rings (SSSR count). The zero-order valence-electron chi connectivity index (χ0n) is 9.82. The predicted molar refractivity (Wildman–Crippen MR) is 57.2 cm³/mol. The van der Waals surface area contributed by atoms with E-state index in [0.717, 1.165) is 6.42 Å². The first-order valence-corrected chi connectivity index (χ1v) is 5.84. The highest BCUT2D eigenvalue weighted by Gasteiger charge is 2.54. The molecule has 1 fully saturated rings. The Bertz CT molecular complexity index is 425. The molecule has 3 nitrogen and oxygen atoms in total. The van der Waals surface area contributed by atoms with Crippen LogP contribution in [0, 0.1) is 5.41 Å². The Morgan fingerprint density at radius 2 is 1.89 bits per heavy atom. The van der Waals surface area contributed by atoms with Gasteiger partial charge in [0.15, 0.2) is 0 Å². The summed E-state index contributed by atoms with van der Waals surface area (Å²) in [5, 5.41) is 18.9. The van der Waals surface area contributed by atoms with Crippen LogP contribution in [0.4, 0.5) is 22.0 Å². The van der Waals surface area contributed by atoms with E-state index in [2.05, 4.69) is 5.32 Å². The van der Waals surface area contributed by atoms with Crippen LogP contribution in [-0.2, 0) is 0 Å². The van der Waals surface area contributed by atoms with Crippen molar-refractivity contribution in [2.75, 3.05) is 0 Å². The monoisotopic (exact) mass is 284 g/mol. The zero-order valence-corrected chi connectivity index (χ0v) is 9.82. The fourth-order valence-corrected chi connectivity index (χ4v) is 2.17. The Morgan fingerprint density at radius 1 is 1.32 bits per heavy atom. The third kappa shape index (κ3) is 2.58. The van der Waals surface area contributed by atoms with Crippen molar-refractivity contribution in [2.24, 2.45) is 0 Å². The van der Waals surface area contributed by atoms with Crippen molar-refractivity contribution in [3.05, 3.63) is 11.3 Å². The molecule has 0 radical (unpaired) electrons. The number of hydrogen-bond donors (Lipinski definition) is 3. The van der Waals surface area contributed by atoms with Crippen LogP contribution >= 0.6 is 0 Å². The van der Waals surface area contributed by atoms with Crippen LogP contribution in [0.2, 0.25) is 0 Å². The summed E-state index contributed by atoms with van der Waals surface area (Å²) in [5.41, 5.74) is -3.28. The van der Waals surface area contributed by atoms with Gasteiger partial charge in [0.05, 0.1) is 6.42 Å². The molecule has 1 unspecified atom stereocenters. The van der Waals surface area contributed by atoms with Gasteiger partial charge in [0.1, 0.15) is 11.8 Å². The molecular formula is C11H13F5N2O. The normalized spacial score (nSPS) is 27.4. The smallest absolute Gasteiger partial charge is 0.385 e. The van der Waals surface area contributed by atoms with Gasteiger partial charge in [-0.1, -0.05) is 0 Å². The molecule has 0 amide bonds. The topological polar surface area (TPSA) is 56.1 Å². The molecule has 1 saturated carbocycles. The van der Waals surface area contributed by atoms with Gasteiger partial charge in [0, 0.05) is 17.3 Å². The number of allylic oxidation sites excluding steroid dienone is 1. The number of aliphatic hydroxyl groups is 1. The SMILES string of the molecule is N=C(C1=C(NC2CCC2)CC(F)(F)C1O)C(F)(F)F. The molecule has 108 valence electrons. The molecule has 0 bridgehead atoms. The lowest BCUT2D eigenvalue weighted by atomic mass is 9.92. The number of nitrogens with one attached hydrogen (secondary N) is 2. The van der Waals surface area contributed by atoms with Gasteiger partial charge in [-0.15, -0.1) is 0 Å². The van der Waals surface area contributed by atoms with Crippen LogP contribution in [0.3, 0.4) is 0 Å². The van der Waals surface area contributed by atoms with Crippen LogP contribution in [0.15, 0.2) is 11.3 Å². The number of aliphatic hydroxyl groups excluding tert-OH is 1. The number of halogens is 5. The molecule has 0 heterocycles. The molecule has 3 N–H and O–H groups in total. The van der Waals surface area contributed by atoms with Gasteiger partial charge in [-0.05, 0) is 19.3 Å². The highest BCUT2D eigenvalue weighted by molar-refractivity contribution is 6.04. The minimum absolute atomic E-state index is 0.146. The van der Waals surface area contributed by atoms with Crippen molar-refractivity contribution in [3.8, 4) is 0 Å². The van der Waals surface area contributed by atoms with Gasteiger partial charge < -0.3 is 10.4 Å². The van der Waals surface area contributed by atoms with Crippen molar-refractivity contribution in [1.29, 1.82) is 5.41 Å². The van der Waals surface area contributed by atoms with E-state index in [-0.39, 0.29) is 11.7 Å². The number of rotatable bonds is 3. The molecule has 0 aromatic heterocycles. The molecule has 0 aromatic rings. The first-order valence-electron chi connectivity index (χ1n) is 5.84. The van der Waals surface area contributed by atoms with E-state index in [1.165, 1.54) is 0 Å². The average Bonchev–Trinajstić information content (AvgIpc) is 2.42. The Morgan fingerprint density at radius 3 is 2.32 bits per heavy atom. The van der Waals surface area contributed by atoms with Crippen molar-refractivity contribution >= 4 is 5.71 Å². The van der Waals surface area contributed by atoms with E-state index in [1.807, 2.05) is 0 Å². The molecule has 19 heavy (non-hydrogen) atoms. The number of alkyl halides is 5. The Balaban J connectivity index is 2.29. The largest absolute Gasteiger partial charge is 0.433 e. The summed E-state index contributed by atoms with van der Waals surface area (Å²) < 4.78 is 64.2. The molecule has 0 aliphatic heterocycles. The fourth-order valence-electron chi connectivity index (χ4n) is 2.17. The molecule has 1 atom stereocenters. The van der Waals surface area contributed by atoms with E-state index in [1.54, 1.807) is 0 Å². The molecule has 0 spiro atoms. The molecular weight excluding hydrogens is 271 g/mol. The lowest BCUT2D eigenvalue weighted by Crippen LogP contribution is -2.37. The zero-order chi connectivity index (χ0) is 14.4. The summed E-state index contributed by atoms with van der Waals surface area (Å²) in [7, 11) is 0. The summed E-state index contributed by atoms with van der Waals surface area (Å²) in [6, 6.07) is -0.146. The molecule has 8 heteroatoms. The highest BCUT2D eigenvalue weighted by atomic mass is 19.4. The second-order valence-corrected chi connectivity index (χ2v) is 4.88. The van der Waals surface area contributed by atoms with E-state index in [0.29, 0.717) is 12.8 Å². The summed E-state index contributed by atoms with van der Waals surface area (Å²) in [5.74, 6) is -3.67. The van der Waals surface area contributed by atoms with Crippen molar-refractivity contribution in [2.45, 2.75) is 49.9 Å². The van der Waals surface area contributed by atoms with E-state index < -0.39 is 35.9 Å². The maximum Gasteiger partial charge on any atom is 0.433 e. The first kappa shape index (κ1) is 14.2. The second kappa shape index (κ2) is 4.43. The third-order valence-corrected chi connectivity index (χ3v) is 3.45. The second-order valence-electron chi connectivity index (χ2n) is 4.88. The molecule has 0 saturated heterocycles. The maximum atomic E-state index is 13.4. The van der Waals surface area contributed by atoms with E-state index >= 15 is 0 Å². The van der Waals surface area contributed by atoms with Gasteiger partial charge in [0.2, 0.25) is 0 Å². The lowest BCUT2D eigenvalue weighted by molar-refractivity contribution is -0.0820. The fraction of sp³-hybridized carbons (Fsp3) is 0.727. The minimum atomic E-state index is -5.05. The van der Waals surface area contributed by atoms with Gasteiger partial charge in [-0.3, -0.25) is 5.41 Å². The maximum absolute atomic E-state index is 13.4. The molecule has 2 aliphatic carbocycles. The summed E-state index contributed by atoms with van der Waals surface area (Å²) in [4.78, 5) is 0. The molecule has 2 aliphatic rings. The van der Waals surface area contributed by atoms with E-state index in [9.17, 15) is 27.1 Å². The Hall–Kier alpha value is -1.18. The first-order chi connectivity index (χ1) is 8.63. The third-order valence-electron chi connectivity index (χ3n) is 3.45. The number of hydrogen-bond acceptors (Lipinski definition) is 3. The average molecular weight is 284 g/mol. The van der Waals surface area contributed by atoms with E-state index in [4.69, 9.17) is 5.41 Å². The van der Waals surface area contributed by atoms with Crippen molar-refractivity contribution in [1.82, 2.24) is 5.32 Å². The van der Waals surface area contributed by atoms with Crippen LogP contribution in [0.5, 0.6) is 0 Å². The van der Waals surface area contributed by atoms with Crippen molar-refractivity contribution in [3.63, 3.8) is 0 Å². The van der Waals surface area contributed by atoms with Crippen molar-refractivity contribution < 1.29 is 27.1 Å².